The van der Waals surface area contributed by atoms with Gasteiger partial charge < -0.3 is 10.2 Å². The number of piperidine rings is 1. The predicted octanol–water partition coefficient (Wildman–Crippen LogP) is 3.85. The van der Waals surface area contributed by atoms with Gasteiger partial charge in [-0.2, -0.15) is 10.2 Å². The van der Waals surface area contributed by atoms with Gasteiger partial charge in [0.15, 0.2) is 5.66 Å². The van der Waals surface area contributed by atoms with Crippen LogP contribution in [-0.2, 0) is 4.79 Å². The quantitative estimate of drug-likeness (QED) is 0.744. The average Bonchev–Trinajstić information content (AvgIpc) is 3.46. The number of likely N-dealkylation sites (tertiary alicyclic amines) is 1. The minimum atomic E-state index is -0.439. The van der Waals surface area contributed by atoms with Crippen LogP contribution in [0.5, 0.6) is 0 Å². The Morgan fingerprint density at radius 3 is 2.48 bits per heavy atom. The first-order chi connectivity index (χ1) is 13.0. The lowest BCUT2D eigenvalue weighted by Gasteiger charge is -2.30. The number of benzene rings is 1. The summed E-state index contributed by atoms with van der Waals surface area (Å²) in [7, 11) is 0. The SMILES string of the molecule is C#CCCC1(CCC(=O)Nc2ccc(C(=O)N3CCC(C)CC3)cc2)N=N1. The van der Waals surface area contributed by atoms with Crippen LogP contribution in [0, 0.1) is 18.3 Å². The highest BCUT2D eigenvalue weighted by atomic mass is 16.2. The number of carbonyl (C=O) groups excluding carboxylic acids is 2. The number of nitrogens with zero attached hydrogens (tertiary/aromatic N) is 3. The summed E-state index contributed by atoms with van der Waals surface area (Å²) in [6.45, 7) is 3.85. The molecule has 0 unspecified atom stereocenters. The fraction of sp³-hybridized carbons (Fsp3) is 0.524. The highest BCUT2D eigenvalue weighted by molar-refractivity contribution is 5.95. The Hall–Kier alpha value is -2.68. The van der Waals surface area contributed by atoms with E-state index in [-0.39, 0.29) is 11.8 Å². The third kappa shape index (κ3) is 5.16. The number of hydrogen-bond acceptors (Lipinski definition) is 4. The number of terminal acetylenes is 1. The molecule has 6 heteroatoms. The monoisotopic (exact) mass is 366 g/mol. The van der Waals surface area contributed by atoms with E-state index in [2.05, 4.69) is 28.4 Å². The molecule has 1 fully saturated rings. The molecule has 2 aliphatic rings. The van der Waals surface area contributed by atoms with Crippen LogP contribution in [0.4, 0.5) is 5.69 Å². The van der Waals surface area contributed by atoms with Crippen LogP contribution in [0.2, 0.25) is 0 Å². The van der Waals surface area contributed by atoms with Crippen molar-refractivity contribution >= 4 is 17.5 Å². The van der Waals surface area contributed by atoms with Gasteiger partial charge in [-0.1, -0.05) is 6.92 Å². The predicted molar refractivity (Wildman–Crippen MR) is 104 cm³/mol. The molecule has 1 aromatic rings. The molecule has 6 nitrogen and oxygen atoms in total. The Balaban J connectivity index is 1.47. The number of rotatable bonds is 7. The van der Waals surface area contributed by atoms with E-state index >= 15 is 0 Å². The van der Waals surface area contributed by atoms with E-state index in [1.807, 2.05) is 4.90 Å². The summed E-state index contributed by atoms with van der Waals surface area (Å²) in [5.41, 5.74) is 0.906. The standard InChI is InChI=1S/C21H26N4O2/c1-3-4-12-21(23-24-21)13-9-19(26)22-18-7-5-17(6-8-18)20(27)25-14-10-16(2)11-15-25/h1,5-8,16H,4,9-15H2,2H3,(H,22,26). The zero-order valence-electron chi connectivity index (χ0n) is 15.8. The van der Waals surface area contributed by atoms with Crippen molar-refractivity contribution < 1.29 is 9.59 Å². The summed E-state index contributed by atoms with van der Waals surface area (Å²) >= 11 is 0. The van der Waals surface area contributed by atoms with Gasteiger partial charge in [-0.05, 0) is 43.0 Å². The largest absolute Gasteiger partial charge is 0.339 e. The summed E-state index contributed by atoms with van der Waals surface area (Å²) in [6, 6.07) is 7.10. The molecule has 0 bridgehead atoms. The van der Waals surface area contributed by atoms with Crippen molar-refractivity contribution in [3.63, 3.8) is 0 Å². The maximum absolute atomic E-state index is 12.5. The molecule has 3 rings (SSSR count). The van der Waals surface area contributed by atoms with E-state index < -0.39 is 5.66 Å². The van der Waals surface area contributed by atoms with Crippen LogP contribution in [0.3, 0.4) is 0 Å². The highest BCUT2D eigenvalue weighted by Gasteiger charge is 2.39. The van der Waals surface area contributed by atoms with Crippen molar-refractivity contribution in [2.75, 3.05) is 18.4 Å². The molecule has 142 valence electrons. The first-order valence-corrected chi connectivity index (χ1v) is 9.58. The minimum Gasteiger partial charge on any atom is -0.339 e. The third-order valence-electron chi connectivity index (χ3n) is 5.29. The highest BCUT2D eigenvalue weighted by Crippen LogP contribution is 2.37. The Morgan fingerprint density at radius 2 is 1.89 bits per heavy atom. The summed E-state index contributed by atoms with van der Waals surface area (Å²) in [6.07, 6.45) is 9.60. The summed E-state index contributed by atoms with van der Waals surface area (Å²) < 4.78 is 0. The van der Waals surface area contributed by atoms with Crippen LogP contribution in [0.1, 0.15) is 55.8 Å². The van der Waals surface area contributed by atoms with Crippen LogP contribution in [0.25, 0.3) is 0 Å². The smallest absolute Gasteiger partial charge is 0.253 e. The second-order valence-corrected chi connectivity index (χ2v) is 7.49. The van der Waals surface area contributed by atoms with E-state index in [0.29, 0.717) is 42.9 Å². The van der Waals surface area contributed by atoms with E-state index in [4.69, 9.17) is 6.42 Å². The van der Waals surface area contributed by atoms with Gasteiger partial charge in [-0.15, -0.1) is 12.3 Å². The van der Waals surface area contributed by atoms with E-state index in [0.717, 1.165) is 25.9 Å². The third-order valence-corrected chi connectivity index (χ3v) is 5.29. The summed E-state index contributed by atoms with van der Waals surface area (Å²) in [4.78, 5) is 26.6. The zero-order valence-corrected chi connectivity index (χ0v) is 15.8. The van der Waals surface area contributed by atoms with Gasteiger partial charge in [-0.3, -0.25) is 9.59 Å². The molecule has 0 atom stereocenters. The lowest BCUT2D eigenvalue weighted by molar-refractivity contribution is -0.116. The average molecular weight is 366 g/mol. The van der Waals surface area contributed by atoms with Crippen LogP contribution >= 0.6 is 0 Å². The second-order valence-electron chi connectivity index (χ2n) is 7.49. The Morgan fingerprint density at radius 1 is 1.22 bits per heavy atom. The van der Waals surface area contributed by atoms with Gasteiger partial charge in [0.2, 0.25) is 5.91 Å². The van der Waals surface area contributed by atoms with Crippen LogP contribution < -0.4 is 5.32 Å². The van der Waals surface area contributed by atoms with Crippen molar-refractivity contribution in [3.05, 3.63) is 29.8 Å². The molecule has 0 radical (unpaired) electrons. The normalized spacial score (nSPS) is 18.0. The molecule has 2 heterocycles. The minimum absolute atomic E-state index is 0.0622. The summed E-state index contributed by atoms with van der Waals surface area (Å²) in [5.74, 6) is 3.24. The van der Waals surface area contributed by atoms with E-state index in [9.17, 15) is 9.59 Å². The van der Waals surface area contributed by atoms with Gasteiger partial charge in [0.25, 0.3) is 5.91 Å². The fourth-order valence-corrected chi connectivity index (χ4v) is 3.30. The molecule has 1 saturated heterocycles. The maximum atomic E-state index is 12.5. The molecule has 2 amide bonds. The zero-order chi connectivity index (χ0) is 19.3. The van der Waals surface area contributed by atoms with Gasteiger partial charge in [0, 0.05) is 50.0 Å². The van der Waals surface area contributed by atoms with Crippen molar-refractivity contribution in [2.45, 2.75) is 51.1 Å². The topological polar surface area (TPSA) is 74.1 Å². The number of hydrogen-bond donors (Lipinski definition) is 1. The van der Waals surface area contributed by atoms with Crippen molar-refractivity contribution in [2.24, 2.45) is 16.1 Å². The van der Waals surface area contributed by atoms with Crippen molar-refractivity contribution in [1.29, 1.82) is 0 Å². The van der Waals surface area contributed by atoms with Gasteiger partial charge >= 0.3 is 0 Å². The molecule has 1 aromatic carbocycles. The maximum Gasteiger partial charge on any atom is 0.253 e. The van der Waals surface area contributed by atoms with Gasteiger partial charge in [-0.25, -0.2) is 0 Å². The van der Waals surface area contributed by atoms with Crippen molar-refractivity contribution in [3.8, 4) is 12.3 Å². The molecule has 27 heavy (non-hydrogen) atoms. The van der Waals surface area contributed by atoms with Crippen LogP contribution in [0.15, 0.2) is 34.5 Å². The number of nitrogens with one attached hydrogen (secondary N) is 1. The first-order valence-electron chi connectivity index (χ1n) is 9.58. The Bertz CT molecular complexity index is 749. The molecule has 1 N–H and O–H groups in total. The lowest BCUT2D eigenvalue weighted by Crippen LogP contribution is -2.37. The molecule has 0 saturated carbocycles. The second kappa shape index (κ2) is 8.34. The molecule has 0 aliphatic carbocycles. The molecular weight excluding hydrogens is 340 g/mol. The molecular formula is C21H26N4O2. The molecule has 2 aliphatic heterocycles. The Labute approximate surface area is 160 Å². The lowest BCUT2D eigenvalue weighted by atomic mass is 9.98. The molecule has 0 spiro atoms. The number of amides is 2. The first kappa shape index (κ1) is 19.1. The van der Waals surface area contributed by atoms with E-state index in [1.54, 1.807) is 24.3 Å². The fourth-order valence-electron chi connectivity index (χ4n) is 3.30. The summed E-state index contributed by atoms with van der Waals surface area (Å²) in [5, 5.41) is 10.9. The van der Waals surface area contributed by atoms with Crippen molar-refractivity contribution in [1.82, 2.24) is 4.90 Å². The van der Waals surface area contributed by atoms with Gasteiger partial charge in [0.1, 0.15) is 0 Å². The number of anilines is 1. The molecule has 0 aromatic heterocycles. The van der Waals surface area contributed by atoms with Gasteiger partial charge in [0.05, 0.1) is 0 Å². The Kier molecular flexibility index (Phi) is 5.90. The van der Waals surface area contributed by atoms with E-state index in [1.165, 1.54) is 0 Å². The van der Waals surface area contributed by atoms with Crippen LogP contribution in [-0.4, -0.2) is 35.5 Å². The number of carbonyl (C=O) groups is 2.